The first-order valence-corrected chi connectivity index (χ1v) is 9.92. The van der Waals surface area contributed by atoms with Gasteiger partial charge in [-0.15, -0.1) is 0 Å². The molecule has 30 heavy (non-hydrogen) atoms. The SMILES string of the molecule is CCC(C)Oc1cccc(Cc2ncc(OC(C)=O)c3cc(OC)c(OC)cc23)c1. The molecule has 0 aliphatic carbocycles. The predicted molar refractivity (Wildman–Crippen MR) is 116 cm³/mol. The number of pyridine rings is 1. The highest BCUT2D eigenvalue weighted by Gasteiger charge is 2.16. The summed E-state index contributed by atoms with van der Waals surface area (Å²) in [5.41, 5.74) is 1.90. The van der Waals surface area contributed by atoms with Crippen molar-refractivity contribution in [1.82, 2.24) is 4.98 Å². The number of hydrogen-bond donors (Lipinski definition) is 0. The third-order valence-corrected chi connectivity index (χ3v) is 4.87. The maximum absolute atomic E-state index is 11.5. The second-order valence-electron chi connectivity index (χ2n) is 7.08. The Kier molecular flexibility index (Phi) is 6.77. The van der Waals surface area contributed by atoms with E-state index in [2.05, 4.69) is 18.8 Å². The first-order valence-electron chi connectivity index (χ1n) is 9.92. The molecule has 0 aliphatic rings. The van der Waals surface area contributed by atoms with E-state index in [1.54, 1.807) is 26.5 Å². The zero-order chi connectivity index (χ0) is 21.7. The van der Waals surface area contributed by atoms with E-state index in [0.29, 0.717) is 23.7 Å². The molecule has 0 aliphatic heterocycles. The molecule has 0 fully saturated rings. The first kappa shape index (κ1) is 21.4. The van der Waals surface area contributed by atoms with Gasteiger partial charge in [0.15, 0.2) is 17.2 Å². The van der Waals surface area contributed by atoms with Crippen LogP contribution in [0.2, 0.25) is 0 Å². The van der Waals surface area contributed by atoms with Gasteiger partial charge in [-0.2, -0.15) is 0 Å². The van der Waals surface area contributed by atoms with Crippen molar-refractivity contribution in [3.63, 3.8) is 0 Å². The Morgan fingerprint density at radius 2 is 1.73 bits per heavy atom. The molecule has 0 amide bonds. The molecule has 0 N–H and O–H groups in total. The van der Waals surface area contributed by atoms with Crippen molar-refractivity contribution < 1.29 is 23.7 Å². The summed E-state index contributed by atoms with van der Waals surface area (Å²) >= 11 is 0. The maximum Gasteiger partial charge on any atom is 0.308 e. The summed E-state index contributed by atoms with van der Waals surface area (Å²) < 4.78 is 22.2. The van der Waals surface area contributed by atoms with Crippen molar-refractivity contribution >= 4 is 16.7 Å². The van der Waals surface area contributed by atoms with Crippen LogP contribution in [0, 0.1) is 0 Å². The molecule has 0 saturated carbocycles. The van der Waals surface area contributed by atoms with Crippen LogP contribution >= 0.6 is 0 Å². The van der Waals surface area contributed by atoms with Crippen LogP contribution in [0.15, 0.2) is 42.6 Å². The molecular formula is C24H27NO5. The molecule has 2 aromatic carbocycles. The molecule has 0 bridgehead atoms. The van der Waals surface area contributed by atoms with Gasteiger partial charge in [0.25, 0.3) is 0 Å². The van der Waals surface area contributed by atoms with Gasteiger partial charge in [-0.3, -0.25) is 9.78 Å². The van der Waals surface area contributed by atoms with Crippen LogP contribution in [0.3, 0.4) is 0 Å². The van der Waals surface area contributed by atoms with Gasteiger partial charge in [-0.25, -0.2) is 0 Å². The number of esters is 1. The number of methoxy groups -OCH3 is 2. The number of benzene rings is 2. The Labute approximate surface area is 176 Å². The van der Waals surface area contributed by atoms with Gasteiger partial charge < -0.3 is 18.9 Å². The second-order valence-corrected chi connectivity index (χ2v) is 7.08. The molecule has 1 aromatic heterocycles. The van der Waals surface area contributed by atoms with Gasteiger partial charge in [-0.1, -0.05) is 19.1 Å². The average molecular weight is 409 g/mol. The van der Waals surface area contributed by atoms with Gasteiger partial charge in [0.2, 0.25) is 0 Å². The predicted octanol–water partition coefficient (Wildman–Crippen LogP) is 4.95. The van der Waals surface area contributed by atoms with Gasteiger partial charge in [0.05, 0.1) is 32.2 Å². The van der Waals surface area contributed by atoms with E-state index in [1.165, 1.54) is 6.92 Å². The summed E-state index contributed by atoms with van der Waals surface area (Å²) in [7, 11) is 3.16. The summed E-state index contributed by atoms with van der Waals surface area (Å²) in [5.74, 6) is 1.95. The Balaban J connectivity index is 2.06. The molecule has 1 unspecified atom stereocenters. The Morgan fingerprint density at radius 3 is 2.37 bits per heavy atom. The summed E-state index contributed by atoms with van der Waals surface area (Å²) in [6.45, 7) is 5.51. The quantitative estimate of drug-likeness (QED) is 0.491. The van der Waals surface area contributed by atoms with Gasteiger partial charge in [0, 0.05) is 24.1 Å². The number of ether oxygens (including phenoxy) is 4. The Morgan fingerprint density at radius 1 is 1.03 bits per heavy atom. The lowest BCUT2D eigenvalue weighted by atomic mass is 10.0. The van der Waals surface area contributed by atoms with E-state index in [0.717, 1.165) is 34.2 Å². The Bertz CT molecular complexity index is 1050. The molecule has 158 valence electrons. The van der Waals surface area contributed by atoms with Crippen molar-refractivity contribution in [3.05, 3.63) is 53.9 Å². The van der Waals surface area contributed by atoms with Crippen LogP contribution < -0.4 is 18.9 Å². The summed E-state index contributed by atoms with van der Waals surface area (Å²) in [6.07, 6.45) is 3.25. The van der Waals surface area contributed by atoms with Crippen LogP contribution in [0.25, 0.3) is 10.8 Å². The lowest BCUT2D eigenvalue weighted by molar-refractivity contribution is -0.131. The highest BCUT2D eigenvalue weighted by molar-refractivity contribution is 5.94. The molecule has 0 saturated heterocycles. The normalized spacial score (nSPS) is 11.8. The van der Waals surface area contributed by atoms with Crippen LogP contribution in [-0.4, -0.2) is 31.3 Å². The minimum absolute atomic E-state index is 0.152. The molecule has 3 aromatic rings. The van der Waals surface area contributed by atoms with Crippen molar-refractivity contribution in [2.24, 2.45) is 0 Å². The number of aromatic nitrogens is 1. The van der Waals surface area contributed by atoms with E-state index < -0.39 is 5.97 Å². The maximum atomic E-state index is 11.5. The summed E-state index contributed by atoms with van der Waals surface area (Å²) in [5, 5.41) is 1.57. The molecule has 3 rings (SSSR count). The van der Waals surface area contributed by atoms with Crippen LogP contribution in [0.1, 0.15) is 38.4 Å². The fourth-order valence-electron chi connectivity index (χ4n) is 3.21. The average Bonchev–Trinajstić information content (AvgIpc) is 2.74. The number of nitrogens with zero attached hydrogens (tertiary/aromatic N) is 1. The largest absolute Gasteiger partial charge is 0.493 e. The minimum atomic E-state index is -0.407. The molecule has 0 radical (unpaired) electrons. The van der Waals surface area contributed by atoms with Crippen molar-refractivity contribution in [1.29, 1.82) is 0 Å². The lowest BCUT2D eigenvalue weighted by Crippen LogP contribution is -2.09. The number of carbonyl (C=O) groups is 1. The monoisotopic (exact) mass is 409 g/mol. The standard InChI is InChI=1S/C24H27NO5/c1-6-15(2)29-18-9-7-8-17(10-18)11-21-19-12-22(27-4)23(28-5)13-20(19)24(14-25-21)30-16(3)26/h7-10,12-15H,6,11H2,1-5H3. The van der Waals surface area contributed by atoms with E-state index in [9.17, 15) is 4.79 Å². The highest BCUT2D eigenvalue weighted by Crippen LogP contribution is 2.38. The van der Waals surface area contributed by atoms with Crippen molar-refractivity contribution in [2.45, 2.75) is 39.7 Å². The first-order chi connectivity index (χ1) is 14.4. The third-order valence-electron chi connectivity index (χ3n) is 4.87. The second kappa shape index (κ2) is 9.48. The number of carbonyl (C=O) groups excluding carboxylic acids is 1. The van der Waals surface area contributed by atoms with Crippen LogP contribution in [0.5, 0.6) is 23.0 Å². The smallest absolute Gasteiger partial charge is 0.308 e. The van der Waals surface area contributed by atoms with Crippen molar-refractivity contribution in [3.8, 4) is 23.0 Å². The van der Waals surface area contributed by atoms with Crippen LogP contribution in [-0.2, 0) is 11.2 Å². The number of hydrogen-bond acceptors (Lipinski definition) is 6. The van der Waals surface area contributed by atoms with Crippen molar-refractivity contribution in [2.75, 3.05) is 14.2 Å². The van der Waals surface area contributed by atoms with E-state index in [4.69, 9.17) is 18.9 Å². The van der Waals surface area contributed by atoms with E-state index in [-0.39, 0.29) is 6.10 Å². The third kappa shape index (κ3) is 4.82. The summed E-state index contributed by atoms with van der Waals surface area (Å²) in [4.78, 5) is 16.1. The van der Waals surface area contributed by atoms with Gasteiger partial charge in [-0.05, 0) is 43.2 Å². The van der Waals surface area contributed by atoms with E-state index in [1.807, 2.05) is 30.3 Å². The Hall–Kier alpha value is -3.28. The summed E-state index contributed by atoms with van der Waals surface area (Å²) in [6, 6.07) is 11.7. The zero-order valence-corrected chi connectivity index (χ0v) is 18.0. The zero-order valence-electron chi connectivity index (χ0n) is 18.0. The fourth-order valence-corrected chi connectivity index (χ4v) is 3.21. The van der Waals surface area contributed by atoms with E-state index >= 15 is 0 Å². The molecule has 6 heteroatoms. The number of rotatable bonds is 8. The fraction of sp³-hybridized carbons (Fsp3) is 0.333. The number of fused-ring (bicyclic) bond motifs is 1. The molecule has 1 atom stereocenters. The van der Waals surface area contributed by atoms with Gasteiger partial charge >= 0.3 is 5.97 Å². The minimum Gasteiger partial charge on any atom is -0.493 e. The molecular weight excluding hydrogens is 382 g/mol. The topological polar surface area (TPSA) is 66.9 Å². The highest BCUT2D eigenvalue weighted by atomic mass is 16.5. The molecule has 1 heterocycles. The molecule has 6 nitrogen and oxygen atoms in total. The molecule has 0 spiro atoms. The van der Waals surface area contributed by atoms with Crippen LogP contribution in [0.4, 0.5) is 0 Å². The van der Waals surface area contributed by atoms with Gasteiger partial charge in [0.1, 0.15) is 5.75 Å². The lowest BCUT2D eigenvalue weighted by Gasteiger charge is -2.15.